The number of nitrogens with zero attached hydrogens (tertiary/aromatic N) is 2. The van der Waals surface area contributed by atoms with Gasteiger partial charge in [0.15, 0.2) is 0 Å². The summed E-state index contributed by atoms with van der Waals surface area (Å²) in [7, 11) is 6.00. The number of likely N-dealkylation sites (N-methyl/N-ethyl adjacent to an activating group) is 1. The second kappa shape index (κ2) is 7.45. The zero-order chi connectivity index (χ0) is 15.4. The van der Waals surface area contributed by atoms with Gasteiger partial charge in [-0.15, -0.1) is 0 Å². The predicted molar refractivity (Wildman–Crippen MR) is 88.1 cm³/mol. The van der Waals surface area contributed by atoms with Crippen molar-refractivity contribution in [3.8, 4) is 5.75 Å². The lowest BCUT2D eigenvalue weighted by Gasteiger charge is -2.39. The molecule has 2 N–H and O–H groups in total. The van der Waals surface area contributed by atoms with Crippen molar-refractivity contribution in [2.45, 2.75) is 24.9 Å². The van der Waals surface area contributed by atoms with Crippen LogP contribution in [0.3, 0.4) is 0 Å². The van der Waals surface area contributed by atoms with Gasteiger partial charge in [0.05, 0.1) is 13.2 Å². The topological polar surface area (TPSA) is 41.7 Å². The molecular weight excluding hydrogens is 286 g/mol. The van der Waals surface area contributed by atoms with Gasteiger partial charge in [0.25, 0.3) is 0 Å². The van der Waals surface area contributed by atoms with Gasteiger partial charge in [-0.25, -0.2) is 0 Å². The molecular formula is C16H26ClN3O. The van der Waals surface area contributed by atoms with Crippen LogP contribution in [0.5, 0.6) is 5.75 Å². The van der Waals surface area contributed by atoms with Crippen LogP contribution in [0, 0.1) is 0 Å². The summed E-state index contributed by atoms with van der Waals surface area (Å²) in [4.78, 5) is 4.74. The maximum absolute atomic E-state index is 6.42. The van der Waals surface area contributed by atoms with E-state index in [0.717, 1.165) is 42.3 Å². The van der Waals surface area contributed by atoms with Crippen LogP contribution in [0.25, 0.3) is 0 Å². The molecule has 0 spiro atoms. The molecule has 1 aromatic rings. The number of nitrogens with two attached hydrogens (primary N) is 1. The van der Waals surface area contributed by atoms with Gasteiger partial charge in [-0.3, -0.25) is 4.90 Å². The molecule has 21 heavy (non-hydrogen) atoms. The van der Waals surface area contributed by atoms with E-state index < -0.39 is 0 Å². The molecule has 1 fully saturated rings. The van der Waals surface area contributed by atoms with Gasteiger partial charge in [-0.1, -0.05) is 17.7 Å². The number of rotatable bonds is 5. The van der Waals surface area contributed by atoms with E-state index in [9.17, 15) is 0 Å². The minimum Gasteiger partial charge on any atom is -0.496 e. The molecule has 1 unspecified atom stereocenters. The molecule has 0 saturated carbocycles. The van der Waals surface area contributed by atoms with Crippen LogP contribution in [-0.2, 0) is 0 Å². The zero-order valence-electron chi connectivity index (χ0n) is 13.2. The molecule has 1 atom stereocenters. The molecule has 1 heterocycles. The first-order chi connectivity index (χ1) is 10.1. The van der Waals surface area contributed by atoms with E-state index in [1.54, 1.807) is 7.11 Å². The number of ether oxygens (including phenoxy) is 1. The van der Waals surface area contributed by atoms with Crippen LogP contribution in [-0.4, -0.2) is 56.7 Å². The number of hydrogen-bond donors (Lipinski definition) is 1. The molecule has 5 heteroatoms. The molecule has 1 aliphatic heterocycles. The highest BCUT2D eigenvalue weighted by Gasteiger charge is 2.29. The van der Waals surface area contributed by atoms with Gasteiger partial charge >= 0.3 is 0 Å². The lowest BCUT2D eigenvalue weighted by Crippen LogP contribution is -2.45. The minimum atomic E-state index is 0.0852. The fourth-order valence-electron chi connectivity index (χ4n) is 3.16. The Balaban J connectivity index is 2.23. The summed E-state index contributed by atoms with van der Waals surface area (Å²) in [6, 6.07) is 6.39. The van der Waals surface area contributed by atoms with E-state index in [1.165, 1.54) is 0 Å². The summed E-state index contributed by atoms with van der Waals surface area (Å²) in [6.07, 6.45) is 2.33. The number of benzene rings is 1. The number of piperidine rings is 1. The molecule has 118 valence electrons. The van der Waals surface area contributed by atoms with Gasteiger partial charge in [0.1, 0.15) is 5.75 Å². The Bertz CT molecular complexity index is 461. The minimum absolute atomic E-state index is 0.0852. The van der Waals surface area contributed by atoms with E-state index in [2.05, 4.69) is 23.9 Å². The Hall–Kier alpha value is -0.810. The van der Waals surface area contributed by atoms with Gasteiger partial charge in [-0.05, 0) is 52.2 Å². The largest absolute Gasteiger partial charge is 0.496 e. The van der Waals surface area contributed by atoms with Gasteiger partial charge < -0.3 is 15.4 Å². The predicted octanol–water partition coefficient (Wildman–Crippen LogP) is 2.37. The molecule has 0 amide bonds. The van der Waals surface area contributed by atoms with Crippen molar-refractivity contribution in [2.75, 3.05) is 40.8 Å². The number of likely N-dealkylation sites (tertiary alicyclic amines) is 1. The highest BCUT2D eigenvalue weighted by Crippen LogP contribution is 2.36. The summed E-state index contributed by atoms with van der Waals surface area (Å²) in [5.74, 6) is 0.817. The van der Waals surface area contributed by atoms with Crippen molar-refractivity contribution < 1.29 is 4.74 Å². The first-order valence-corrected chi connectivity index (χ1v) is 7.89. The number of hydrogen-bond acceptors (Lipinski definition) is 4. The Labute approximate surface area is 132 Å². The lowest BCUT2D eigenvalue weighted by molar-refractivity contribution is 0.108. The average molecular weight is 312 g/mol. The van der Waals surface area contributed by atoms with Crippen LogP contribution in [0.2, 0.25) is 5.02 Å². The number of methoxy groups -OCH3 is 1. The Morgan fingerprint density at radius 3 is 2.67 bits per heavy atom. The van der Waals surface area contributed by atoms with E-state index in [1.807, 2.05) is 18.2 Å². The Morgan fingerprint density at radius 2 is 2.10 bits per heavy atom. The molecule has 0 aliphatic carbocycles. The lowest BCUT2D eigenvalue weighted by atomic mass is 9.98. The maximum atomic E-state index is 6.42. The second-order valence-corrected chi connectivity index (χ2v) is 6.21. The van der Waals surface area contributed by atoms with Crippen molar-refractivity contribution >= 4 is 11.6 Å². The van der Waals surface area contributed by atoms with Crippen LogP contribution in [0.4, 0.5) is 0 Å². The van der Waals surface area contributed by atoms with Crippen LogP contribution in [0.1, 0.15) is 24.4 Å². The molecule has 4 nitrogen and oxygen atoms in total. The zero-order valence-corrected chi connectivity index (χ0v) is 13.9. The summed E-state index contributed by atoms with van der Waals surface area (Å²) in [5, 5.41) is 0.726. The monoisotopic (exact) mass is 311 g/mol. The third kappa shape index (κ3) is 3.69. The summed E-state index contributed by atoms with van der Waals surface area (Å²) in [6.45, 7) is 2.79. The summed E-state index contributed by atoms with van der Waals surface area (Å²) < 4.78 is 5.49. The molecule has 0 bridgehead atoms. The molecule has 2 rings (SSSR count). The van der Waals surface area contributed by atoms with E-state index in [0.29, 0.717) is 12.6 Å². The SMILES string of the molecule is COc1cccc(Cl)c1C(CN)N(C)C1CCN(C)CC1. The Morgan fingerprint density at radius 1 is 1.43 bits per heavy atom. The third-order valence-corrected chi connectivity index (χ3v) is 4.87. The quantitative estimate of drug-likeness (QED) is 0.906. The third-order valence-electron chi connectivity index (χ3n) is 4.54. The van der Waals surface area contributed by atoms with Crippen molar-refractivity contribution in [3.05, 3.63) is 28.8 Å². The van der Waals surface area contributed by atoms with Crippen LogP contribution >= 0.6 is 11.6 Å². The molecule has 1 aliphatic rings. The van der Waals surface area contributed by atoms with Crippen LogP contribution < -0.4 is 10.5 Å². The molecule has 1 aromatic carbocycles. The van der Waals surface area contributed by atoms with E-state index in [4.69, 9.17) is 22.1 Å². The maximum Gasteiger partial charge on any atom is 0.125 e. The molecule has 0 radical (unpaired) electrons. The molecule has 1 saturated heterocycles. The summed E-state index contributed by atoms with van der Waals surface area (Å²) >= 11 is 6.42. The first kappa shape index (κ1) is 16.6. The normalized spacial score (nSPS) is 19.0. The van der Waals surface area contributed by atoms with E-state index >= 15 is 0 Å². The molecule has 0 aromatic heterocycles. The van der Waals surface area contributed by atoms with Crippen molar-refractivity contribution in [1.82, 2.24) is 9.80 Å². The van der Waals surface area contributed by atoms with Crippen molar-refractivity contribution in [3.63, 3.8) is 0 Å². The van der Waals surface area contributed by atoms with Gasteiger partial charge in [-0.2, -0.15) is 0 Å². The fourth-order valence-corrected chi connectivity index (χ4v) is 3.45. The van der Waals surface area contributed by atoms with Gasteiger partial charge in [0.2, 0.25) is 0 Å². The number of halogens is 1. The van der Waals surface area contributed by atoms with E-state index in [-0.39, 0.29) is 6.04 Å². The average Bonchev–Trinajstić information content (AvgIpc) is 2.50. The standard InChI is InChI=1S/C16H26ClN3O/c1-19-9-7-12(8-10-19)20(2)14(11-18)16-13(17)5-4-6-15(16)21-3/h4-6,12,14H,7-11,18H2,1-3H3. The second-order valence-electron chi connectivity index (χ2n) is 5.81. The fraction of sp³-hybridized carbons (Fsp3) is 0.625. The van der Waals surface area contributed by atoms with Crippen LogP contribution in [0.15, 0.2) is 18.2 Å². The highest BCUT2D eigenvalue weighted by atomic mass is 35.5. The first-order valence-electron chi connectivity index (χ1n) is 7.51. The smallest absolute Gasteiger partial charge is 0.125 e. The summed E-state index contributed by atoms with van der Waals surface area (Å²) in [5.41, 5.74) is 7.07. The van der Waals surface area contributed by atoms with Crippen molar-refractivity contribution in [2.24, 2.45) is 5.73 Å². The van der Waals surface area contributed by atoms with Crippen molar-refractivity contribution in [1.29, 1.82) is 0 Å². The Kier molecular flexibility index (Phi) is 5.88. The highest BCUT2D eigenvalue weighted by molar-refractivity contribution is 6.31. The van der Waals surface area contributed by atoms with Gasteiger partial charge in [0, 0.05) is 23.2 Å².